The molecular weight excluding hydrogens is 402 g/mol. The van der Waals surface area contributed by atoms with E-state index in [1.165, 1.54) is 0 Å². The summed E-state index contributed by atoms with van der Waals surface area (Å²) in [5.74, 6) is 0.872. The van der Waals surface area contributed by atoms with Gasteiger partial charge >= 0.3 is 0 Å². The van der Waals surface area contributed by atoms with Crippen LogP contribution in [-0.2, 0) is 22.6 Å². The summed E-state index contributed by atoms with van der Waals surface area (Å²) in [6.45, 7) is 9.99. The number of phenols is 1. The number of ether oxygens (including phenoxy) is 1. The number of fused-ring (bicyclic) bond motifs is 1. The molecular formula is C26H33N3O3. The number of morpholine rings is 1. The number of nitrogens with zero attached hydrogens (tertiary/aromatic N) is 3. The largest absolute Gasteiger partial charge is 0.508 e. The maximum atomic E-state index is 11.0. The van der Waals surface area contributed by atoms with Crippen LogP contribution in [0.2, 0.25) is 0 Å². The molecule has 0 spiro atoms. The Kier molecular flexibility index (Phi) is 9.01. The fourth-order valence-corrected chi connectivity index (χ4v) is 3.72. The zero-order valence-corrected chi connectivity index (χ0v) is 19.0. The van der Waals surface area contributed by atoms with E-state index in [2.05, 4.69) is 29.8 Å². The molecule has 1 fully saturated rings. The first-order chi connectivity index (χ1) is 15.5. The van der Waals surface area contributed by atoms with Crippen molar-refractivity contribution in [2.75, 3.05) is 32.8 Å². The number of phenolic OH excluding ortho intramolecular Hbond substituents is 1. The molecule has 6 nitrogen and oxygen atoms in total. The monoisotopic (exact) mass is 435 g/mol. The molecule has 1 amide bonds. The van der Waals surface area contributed by atoms with E-state index in [4.69, 9.17) is 4.74 Å². The number of aromatic nitrogens is 1. The van der Waals surface area contributed by atoms with E-state index in [1.807, 2.05) is 47.4 Å². The lowest BCUT2D eigenvalue weighted by molar-refractivity contribution is -0.119. The number of pyridine rings is 1. The third-order valence-electron chi connectivity index (χ3n) is 5.29. The Balaban J connectivity index is 0.000000186. The van der Waals surface area contributed by atoms with Gasteiger partial charge in [0, 0.05) is 49.9 Å². The summed E-state index contributed by atoms with van der Waals surface area (Å²) in [6, 6.07) is 17.6. The van der Waals surface area contributed by atoms with Crippen LogP contribution in [0.15, 0.2) is 60.8 Å². The van der Waals surface area contributed by atoms with Gasteiger partial charge in [0.05, 0.1) is 18.7 Å². The van der Waals surface area contributed by atoms with Crippen LogP contribution in [0.1, 0.15) is 25.0 Å². The molecule has 2 aromatic carbocycles. The standard InChI is InChI=1S/C15H18N2O.C11H15NO2/c1-12(2)9-17(11-18)10-13-5-6-15-14(8-13)4-3-7-16-15;13-11-4-2-1-3-10(11)9-12-5-7-14-8-6-12/h3-8,11-12H,9-10H2,1-2H3;1-4,13H,5-9H2. The molecule has 1 aromatic heterocycles. The molecule has 0 bridgehead atoms. The lowest BCUT2D eigenvalue weighted by Gasteiger charge is -2.26. The highest BCUT2D eigenvalue weighted by Gasteiger charge is 2.12. The van der Waals surface area contributed by atoms with Crippen LogP contribution >= 0.6 is 0 Å². The van der Waals surface area contributed by atoms with Gasteiger partial charge in [0.15, 0.2) is 0 Å². The summed E-state index contributed by atoms with van der Waals surface area (Å²) in [5.41, 5.74) is 3.13. The number of rotatable bonds is 7. The normalized spacial score (nSPS) is 14.1. The van der Waals surface area contributed by atoms with E-state index in [1.54, 1.807) is 12.3 Å². The van der Waals surface area contributed by atoms with Gasteiger partial charge in [-0.05, 0) is 35.7 Å². The van der Waals surface area contributed by atoms with E-state index in [9.17, 15) is 9.90 Å². The number of carbonyl (C=O) groups excluding carboxylic acids is 1. The van der Waals surface area contributed by atoms with Crippen molar-refractivity contribution in [1.29, 1.82) is 0 Å². The van der Waals surface area contributed by atoms with Crippen molar-refractivity contribution in [2.24, 2.45) is 5.92 Å². The molecule has 6 heteroatoms. The van der Waals surface area contributed by atoms with Crippen molar-refractivity contribution >= 4 is 17.3 Å². The molecule has 0 atom stereocenters. The Morgan fingerprint density at radius 2 is 1.91 bits per heavy atom. The van der Waals surface area contributed by atoms with E-state index in [0.29, 0.717) is 18.2 Å². The third-order valence-corrected chi connectivity index (χ3v) is 5.29. The maximum absolute atomic E-state index is 11.0. The molecule has 170 valence electrons. The fraction of sp³-hybridized carbons (Fsp3) is 0.385. The number of hydrogen-bond donors (Lipinski definition) is 1. The highest BCUT2D eigenvalue weighted by Crippen LogP contribution is 2.18. The molecule has 1 aliphatic heterocycles. The summed E-state index contributed by atoms with van der Waals surface area (Å²) in [7, 11) is 0. The van der Waals surface area contributed by atoms with Crippen molar-refractivity contribution in [2.45, 2.75) is 26.9 Å². The molecule has 0 radical (unpaired) electrons. The van der Waals surface area contributed by atoms with Gasteiger partial charge in [0.25, 0.3) is 0 Å². The van der Waals surface area contributed by atoms with Crippen LogP contribution in [-0.4, -0.2) is 59.1 Å². The van der Waals surface area contributed by atoms with Crippen LogP contribution < -0.4 is 0 Å². The molecule has 0 aliphatic carbocycles. The summed E-state index contributed by atoms with van der Waals surface area (Å²) in [6.07, 6.45) is 2.71. The Labute approximate surface area is 190 Å². The number of benzene rings is 2. The number of para-hydroxylation sites is 1. The third kappa shape index (κ3) is 7.32. The number of amides is 1. The molecule has 4 rings (SSSR count). The predicted molar refractivity (Wildman–Crippen MR) is 127 cm³/mol. The van der Waals surface area contributed by atoms with Crippen molar-refractivity contribution in [3.8, 4) is 5.75 Å². The molecule has 1 N–H and O–H groups in total. The molecule has 0 saturated carbocycles. The number of carbonyl (C=O) groups is 1. The summed E-state index contributed by atoms with van der Waals surface area (Å²) >= 11 is 0. The van der Waals surface area contributed by atoms with Gasteiger partial charge in [-0.2, -0.15) is 0 Å². The number of hydrogen-bond acceptors (Lipinski definition) is 5. The summed E-state index contributed by atoms with van der Waals surface area (Å²) in [4.78, 5) is 19.4. The average Bonchev–Trinajstić information content (AvgIpc) is 2.81. The minimum absolute atomic E-state index is 0.388. The molecule has 32 heavy (non-hydrogen) atoms. The maximum Gasteiger partial charge on any atom is 0.210 e. The molecule has 3 aromatic rings. The SMILES string of the molecule is CC(C)CN(C=O)Cc1ccc2ncccc2c1.Oc1ccccc1CN1CCOCC1. The van der Waals surface area contributed by atoms with Gasteiger partial charge < -0.3 is 14.7 Å². The second-order valence-corrected chi connectivity index (χ2v) is 8.48. The van der Waals surface area contributed by atoms with E-state index < -0.39 is 0 Å². The first-order valence-corrected chi connectivity index (χ1v) is 11.1. The van der Waals surface area contributed by atoms with Gasteiger partial charge in [0.1, 0.15) is 5.75 Å². The minimum atomic E-state index is 0.388. The van der Waals surface area contributed by atoms with Gasteiger partial charge in [-0.15, -0.1) is 0 Å². The minimum Gasteiger partial charge on any atom is -0.508 e. The van der Waals surface area contributed by atoms with Crippen molar-refractivity contribution in [1.82, 2.24) is 14.8 Å². The predicted octanol–water partition coefficient (Wildman–Crippen LogP) is 4.07. The first kappa shape index (κ1) is 23.7. The second-order valence-electron chi connectivity index (χ2n) is 8.48. The van der Waals surface area contributed by atoms with Crippen LogP contribution in [0.3, 0.4) is 0 Å². The lowest BCUT2D eigenvalue weighted by atomic mass is 10.1. The molecule has 1 aliphatic rings. The van der Waals surface area contributed by atoms with Crippen LogP contribution in [0.25, 0.3) is 10.9 Å². The van der Waals surface area contributed by atoms with Gasteiger partial charge in [-0.3, -0.25) is 14.7 Å². The van der Waals surface area contributed by atoms with E-state index in [-0.39, 0.29) is 0 Å². The summed E-state index contributed by atoms with van der Waals surface area (Å²) < 4.78 is 5.26. The van der Waals surface area contributed by atoms with Gasteiger partial charge in [-0.1, -0.05) is 44.2 Å². The Bertz CT molecular complexity index is 987. The average molecular weight is 436 g/mol. The smallest absolute Gasteiger partial charge is 0.210 e. The van der Waals surface area contributed by atoms with E-state index >= 15 is 0 Å². The summed E-state index contributed by atoms with van der Waals surface area (Å²) in [5, 5.41) is 10.7. The Hall–Kier alpha value is -2.96. The Morgan fingerprint density at radius 3 is 2.62 bits per heavy atom. The van der Waals surface area contributed by atoms with Gasteiger partial charge in [0.2, 0.25) is 6.41 Å². The highest BCUT2D eigenvalue weighted by atomic mass is 16.5. The zero-order valence-electron chi connectivity index (χ0n) is 19.0. The topological polar surface area (TPSA) is 65.9 Å². The van der Waals surface area contributed by atoms with Crippen LogP contribution in [0.4, 0.5) is 0 Å². The van der Waals surface area contributed by atoms with Gasteiger partial charge in [-0.25, -0.2) is 0 Å². The van der Waals surface area contributed by atoms with E-state index in [0.717, 1.165) is 67.8 Å². The molecule has 2 heterocycles. The zero-order chi connectivity index (χ0) is 22.8. The van der Waals surface area contributed by atoms with Crippen molar-refractivity contribution in [3.63, 3.8) is 0 Å². The first-order valence-electron chi connectivity index (χ1n) is 11.1. The van der Waals surface area contributed by atoms with Crippen molar-refractivity contribution < 1.29 is 14.6 Å². The van der Waals surface area contributed by atoms with Crippen LogP contribution in [0, 0.1) is 5.92 Å². The van der Waals surface area contributed by atoms with Crippen LogP contribution in [0.5, 0.6) is 5.75 Å². The fourth-order valence-electron chi connectivity index (χ4n) is 3.72. The number of aromatic hydroxyl groups is 1. The Morgan fingerprint density at radius 1 is 1.12 bits per heavy atom. The molecule has 0 unspecified atom stereocenters. The lowest BCUT2D eigenvalue weighted by Crippen LogP contribution is -2.35. The van der Waals surface area contributed by atoms with Crippen molar-refractivity contribution in [3.05, 3.63) is 71.9 Å². The highest BCUT2D eigenvalue weighted by molar-refractivity contribution is 5.78. The molecule has 1 saturated heterocycles. The second kappa shape index (κ2) is 12.2. The quantitative estimate of drug-likeness (QED) is 0.567.